The van der Waals surface area contributed by atoms with Crippen LogP contribution in [0.1, 0.15) is 23.2 Å². The number of methoxy groups -OCH3 is 1. The molecule has 0 radical (unpaired) electrons. The number of carbonyl (C=O) groups excluding carboxylic acids is 2. The molecule has 2 atom stereocenters. The minimum atomic E-state index is -0.608. The molecule has 1 aromatic carbocycles. The molecule has 100 valence electrons. The van der Waals surface area contributed by atoms with Crippen LogP contribution in [0.4, 0.5) is 0 Å². The zero-order chi connectivity index (χ0) is 13.7. The molecule has 1 aromatic rings. The second-order valence-electron chi connectivity index (χ2n) is 4.34. The quantitative estimate of drug-likeness (QED) is 0.473. The van der Waals surface area contributed by atoms with Crippen LogP contribution in [0, 0.1) is 0 Å². The fourth-order valence-corrected chi connectivity index (χ4v) is 1.99. The van der Waals surface area contributed by atoms with E-state index in [1.165, 1.54) is 7.11 Å². The van der Waals surface area contributed by atoms with E-state index >= 15 is 0 Å². The van der Waals surface area contributed by atoms with Crippen LogP contribution in [0.15, 0.2) is 42.5 Å². The van der Waals surface area contributed by atoms with Gasteiger partial charge in [0.2, 0.25) is 0 Å². The first kappa shape index (κ1) is 13.5. The van der Waals surface area contributed by atoms with Gasteiger partial charge in [-0.3, -0.25) is 4.79 Å². The van der Waals surface area contributed by atoms with Crippen molar-refractivity contribution in [1.29, 1.82) is 0 Å². The van der Waals surface area contributed by atoms with Gasteiger partial charge in [-0.1, -0.05) is 42.5 Å². The number of esters is 1. The van der Waals surface area contributed by atoms with Crippen molar-refractivity contribution >= 4 is 11.8 Å². The first-order valence-corrected chi connectivity index (χ1v) is 6.19. The third kappa shape index (κ3) is 3.51. The lowest BCUT2D eigenvalue weighted by Gasteiger charge is -2.23. The second-order valence-corrected chi connectivity index (χ2v) is 4.34. The Morgan fingerprint density at radius 1 is 1.32 bits per heavy atom. The van der Waals surface area contributed by atoms with Crippen molar-refractivity contribution in [2.24, 2.45) is 0 Å². The first-order chi connectivity index (χ1) is 9.20. The number of ketones is 1. The van der Waals surface area contributed by atoms with Crippen LogP contribution >= 0.6 is 0 Å². The SMILES string of the molecule is COC(=O)[C@H]1CC=C[C@H](CC(=O)c2ccccc2)O1. The summed E-state index contributed by atoms with van der Waals surface area (Å²) >= 11 is 0. The fourth-order valence-electron chi connectivity index (χ4n) is 1.99. The molecule has 0 N–H and O–H groups in total. The van der Waals surface area contributed by atoms with Crippen LogP contribution in [0.5, 0.6) is 0 Å². The van der Waals surface area contributed by atoms with Crippen molar-refractivity contribution in [1.82, 2.24) is 0 Å². The summed E-state index contributed by atoms with van der Waals surface area (Å²) in [5.41, 5.74) is 0.652. The van der Waals surface area contributed by atoms with Crippen molar-refractivity contribution in [2.45, 2.75) is 25.0 Å². The molecule has 1 heterocycles. The molecule has 0 saturated carbocycles. The Hall–Kier alpha value is -1.94. The van der Waals surface area contributed by atoms with Crippen LogP contribution < -0.4 is 0 Å². The van der Waals surface area contributed by atoms with Crippen molar-refractivity contribution in [3.05, 3.63) is 48.0 Å². The third-order valence-electron chi connectivity index (χ3n) is 2.99. The van der Waals surface area contributed by atoms with Gasteiger partial charge in [-0.05, 0) is 0 Å². The van der Waals surface area contributed by atoms with Crippen molar-refractivity contribution in [3.63, 3.8) is 0 Å². The van der Waals surface area contributed by atoms with E-state index in [0.717, 1.165) is 0 Å². The molecule has 1 aliphatic heterocycles. The Labute approximate surface area is 112 Å². The molecular weight excluding hydrogens is 244 g/mol. The lowest BCUT2D eigenvalue weighted by molar-refractivity contribution is -0.156. The maximum atomic E-state index is 12.0. The standard InChI is InChI=1S/C15H16O4/c1-18-15(17)14-9-5-8-12(19-14)10-13(16)11-6-3-2-4-7-11/h2-8,12,14H,9-10H2,1H3/t12-,14-/m1/s1. The molecule has 1 aliphatic rings. The van der Waals surface area contributed by atoms with E-state index in [-0.39, 0.29) is 18.3 Å². The highest BCUT2D eigenvalue weighted by atomic mass is 16.6. The second kappa shape index (κ2) is 6.29. The summed E-state index contributed by atoms with van der Waals surface area (Å²) in [5, 5.41) is 0. The lowest BCUT2D eigenvalue weighted by atomic mass is 10.0. The molecule has 19 heavy (non-hydrogen) atoms. The van der Waals surface area contributed by atoms with E-state index in [0.29, 0.717) is 12.0 Å². The number of hydrogen-bond donors (Lipinski definition) is 0. The number of benzene rings is 1. The van der Waals surface area contributed by atoms with Crippen LogP contribution in [0.25, 0.3) is 0 Å². The highest BCUT2D eigenvalue weighted by Gasteiger charge is 2.26. The van der Waals surface area contributed by atoms with E-state index in [2.05, 4.69) is 4.74 Å². The maximum Gasteiger partial charge on any atom is 0.335 e. The van der Waals surface area contributed by atoms with E-state index in [4.69, 9.17) is 4.74 Å². The van der Waals surface area contributed by atoms with Gasteiger partial charge in [0.1, 0.15) is 0 Å². The Balaban J connectivity index is 1.96. The van der Waals surface area contributed by atoms with Gasteiger partial charge in [-0.25, -0.2) is 4.79 Å². The zero-order valence-corrected chi connectivity index (χ0v) is 10.7. The Kier molecular flexibility index (Phi) is 4.47. The third-order valence-corrected chi connectivity index (χ3v) is 2.99. The molecule has 0 bridgehead atoms. The van der Waals surface area contributed by atoms with Crippen LogP contribution in [-0.2, 0) is 14.3 Å². The molecule has 0 fully saturated rings. The van der Waals surface area contributed by atoms with Gasteiger partial charge in [0.05, 0.1) is 13.2 Å². The van der Waals surface area contributed by atoms with Gasteiger partial charge >= 0.3 is 5.97 Å². The average molecular weight is 260 g/mol. The topological polar surface area (TPSA) is 52.6 Å². The van der Waals surface area contributed by atoms with Gasteiger partial charge in [0.15, 0.2) is 11.9 Å². The summed E-state index contributed by atoms with van der Waals surface area (Å²) < 4.78 is 10.2. The minimum absolute atomic E-state index is 0.000709. The van der Waals surface area contributed by atoms with Crippen molar-refractivity contribution in [3.8, 4) is 0 Å². The molecule has 0 aliphatic carbocycles. The van der Waals surface area contributed by atoms with Gasteiger partial charge < -0.3 is 9.47 Å². The van der Waals surface area contributed by atoms with Gasteiger partial charge in [0, 0.05) is 18.4 Å². The maximum absolute atomic E-state index is 12.0. The zero-order valence-electron chi connectivity index (χ0n) is 10.7. The molecular formula is C15H16O4. The smallest absolute Gasteiger partial charge is 0.335 e. The molecule has 0 amide bonds. The molecule has 0 saturated heterocycles. The van der Waals surface area contributed by atoms with E-state index in [9.17, 15) is 9.59 Å². The Bertz CT molecular complexity index is 478. The fraction of sp³-hybridized carbons (Fsp3) is 0.333. The van der Waals surface area contributed by atoms with E-state index in [1.54, 1.807) is 12.1 Å². The summed E-state index contributed by atoms with van der Waals surface area (Å²) in [7, 11) is 1.33. The molecule has 0 aromatic heterocycles. The predicted molar refractivity (Wildman–Crippen MR) is 69.8 cm³/mol. The number of Topliss-reactive ketones (excluding diaryl/α,β-unsaturated/α-hetero) is 1. The van der Waals surface area contributed by atoms with Crippen molar-refractivity contribution < 1.29 is 19.1 Å². The highest BCUT2D eigenvalue weighted by molar-refractivity contribution is 5.96. The van der Waals surface area contributed by atoms with E-state index in [1.807, 2.05) is 30.4 Å². The predicted octanol–water partition coefficient (Wildman–Crippen LogP) is 2.15. The van der Waals surface area contributed by atoms with Gasteiger partial charge in [-0.2, -0.15) is 0 Å². The number of ether oxygens (including phenoxy) is 2. The summed E-state index contributed by atoms with van der Waals surface area (Å²) in [6.07, 6.45) is 3.42. The Morgan fingerprint density at radius 3 is 2.74 bits per heavy atom. The summed E-state index contributed by atoms with van der Waals surface area (Å²) in [4.78, 5) is 23.4. The monoisotopic (exact) mass is 260 g/mol. The van der Waals surface area contributed by atoms with Crippen LogP contribution in [0.2, 0.25) is 0 Å². The summed E-state index contributed by atoms with van der Waals surface area (Å²) in [6, 6.07) is 9.05. The lowest BCUT2D eigenvalue weighted by Crippen LogP contribution is -2.33. The number of hydrogen-bond acceptors (Lipinski definition) is 4. The summed E-state index contributed by atoms with van der Waals surface area (Å²) in [6.45, 7) is 0. The van der Waals surface area contributed by atoms with Gasteiger partial charge in [-0.15, -0.1) is 0 Å². The molecule has 0 spiro atoms. The normalized spacial score (nSPS) is 21.9. The van der Waals surface area contributed by atoms with Crippen molar-refractivity contribution in [2.75, 3.05) is 7.11 Å². The van der Waals surface area contributed by atoms with E-state index < -0.39 is 12.1 Å². The number of carbonyl (C=O) groups is 2. The van der Waals surface area contributed by atoms with Gasteiger partial charge in [0.25, 0.3) is 0 Å². The number of rotatable bonds is 4. The molecule has 0 unspecified atom stereocenters. The average Bonchev–Trinajstić information content (AvgIpc) is 2.47. The minimum Gasteiger partial charge on any atom is -0.467 e. The highest BCUT2D eigenvalue weighted by Crippen LogP contribution is 2.18. The largest absolute Gasteiger partial charge is 0.467 e. The van der Waals surface area contributed by atoms with Crippen LogP contribution in [0.3, 0.4) is 0 Å². The molecule has 4 nitrogen and oxygen atoms in total. The Morgan fingerprint density at radius 2 is 2.05 bits per heavy atom. The molecule has 2 rings (SSSR count). The van der Waals surface area contributed by atoms with Crippen LogP contribution in [-0.4, -0.2) is 31.1 Å². The molecule has 4 heteroatoms. The first-order valence-electron chi connectivity index (χ1n) is 6.19. The summed E-state index contributed by atoms with van der Waals surface area (Å²) in [5.74, 6) is -0.401.